The number of nitrogens with zero attached hydrogens (tertiary/aromatic N) is 1. The van der Waals surface area contributed by atoms with Crippen LogP contribution in [0.2, 0.25) is 0 Å². The zero-order valence-electron chi connectivity index (χ0n) is 17.2. The molecule has 0 N–H and O–H groups in total. The molecule has 1 aliphatic heterocycles. The van der Waals surface area contributed by atoms with Crippen molar-refractivity contribution in [2.24, 2.45) is 35.5 Å². The highest BCUT2D eigenvalue weighted by Crippen LogP contribution is 2.65. The van der Waals surface area contributed by atoms with Gasteiger partial charge in [-0.05, 0) is 55.6 Å². The predicted octanol–water partition coefficient (Wildman–Crippen LogP) is 2.47. The number of carbonyl (C=O) groups excluding carboxylic acids is 4. The molecule has 1 saturated heterocycles. The van der Waals surface area contributed by atoms with Gasteiger partial charge in [0.15, 0.2) is 6.61 Å². The van der Waals surface area contributed by atoms with Crippen molar-refractivity contribution in [3.8, 4) is 0 Å². The van der Waals surface area contributed by atoms with E-state index in [1.165, 1.54) is 4.90 Å². The minimum Gasteiger partial charge on any atom is -0.457 e. The first-order valence-electron chi connectivity index (χ1n) is 10.7. The normalized spacial score (nSPS) is 32.8. The van der Waals surface area contributed by atoms with Crippen LogP contribution in [0.3, 0.4) is 0 Å². The summed E-state index contributed by atoms with van der Waals surface area (Å²) in [5.74, 6) is -0.168. The third-order valence-corrected chi connectivity index (χ3v) is 7.35. The van der Waals surface area contributed by atoms with Gasteiger partial charge in [-0.1, -0.05) is 29.8 Å². The molecule has 2 saturated carbocycles. The number of allylic oxidation sites excluding steroid dienone is 2. The Bertz CT molecular complexity index is 959. The number of likely N-dealkylation sites (tertiary alicyclic amines) is 1. The molecule has 0 aromatic heterocycles. The number of carbonyl (C=O) groups is 4. The highest BCUT2D eigenvalue weighted by molar-refractivity contribution is 6.06. The van der Waals surface area contributed by atoms with E-state index >= 15 is 0 Å². The first kappa shape index (κ1) is 19.2. The summed E-state index contributed by atoms with van der Waals surface area (Å²) >= 11 is 0. The third kappa shape index (κ3) is 2.92. The lowest BCUT2D eigenvalue weighted by molar-refractivity contribution is -0.145. The van der Waals surface area contributed by atoms with Gasteiger partial charge < -0.3 is 4.74 Å². The fraction of sp³-hybridized carbons (Fsp3) is 0.500. The first-order chi connectivity index (χ1) is 14.4. The van der Waals surface area contributed by atoms with Crippen molar-refractivity contribution in [3.05, 3.63) is 47.0 Å². The number of aryl methyl sites for hydroxylation is 2. The molecule has 3 fully saturated rings. The maximum absolute atomic E-state index is 12.9. The Balaban J connectivity index is 1.17. The summed E-state index contributed by atoms with van der Waals surface area (Å²) < 4.78 is 5.13. The number of benzene rings is 1. The fourth-order valence-corrected chi connectivity index (χ4v) is 5.77. The topological polar surface area (TPSA) is 80.8 Å². The monoisotopic (exact) mass is 407 g/mol. The van der Waals surface area contributed by atoms with Gasteiger partial charge in [0.2, 0.25) is 17.6 Å². The summed E-state index contributed by atoms with van der Waals surface area (Å²) in [5.41, 5.74) is 2.33. The lowest BCUT2D eigenvalue weighted by Crippen LogP contribution is -2.40. The molecule has 156 valence electrons. The second kappa shape index (κ2) is 6.89. The molecular formula is C24H25NO5. The molecule has 1 aromatic rings. The maximum atomic E-state index is 12.9. The summed E-state index contributed by atoms with van der Waals surface area (Å²) in [4.78, 5) is 51.6. The van der Waals surface area contributed by atoms with Gasteiger partial charge in [-0.15, -0.1) is 0 Å². The predicted molar refractivity (Wildman–Crippen MR) is 107 cm³/mol. The van der Waals surface area contributed by atoms with Crippen LogP contribution in [0.1, 0.15) is 34.3 Å². The number of amides is 2. The Morgan fingerprint density at radius 3 is 2.30 bits per heavy atom. The van der Waals surface area contributed by atoms with E-state index < -0.39 is 5.97 Å². The lowest BCUT2D eigenvalue weighted by atomic mass is 9.63. The van der Waals surface area contributed by atoms with Crippen molar-refractivity contribution >= 4 is 23.6 Å². The van der Waals surface area contributed by atoms with Crippen molar-refractivity contribution in [3.63, 3.8) is 0 Å². The molecule has 30 heavy (non-hydrogen) atoms. The van der Waals surface area contributed by atoms with E-state index in [1.54, 1.807) is 6.07 Å². The SMILES string of the molecule is Cc1ccc(C)c(C(=O)COC(=O)CCN2C(=O)[C@@H]3[C@H]4C=C[C@@H]([C@@H]5C[C@@H]45)[C@@H]3C2=O)c1. The first-order valence-corrected chi connectivity index (χ1v) is 10.7. The van der Waals surface area contributed by atoms with Crippen molar-refractivity contribution in [1.82, 2.24) is 4.90 Å². The Hall–Kier alpha value is -2.76. The van der Waals surface area contributed by atoms with E-state index in [2.05, 4.69) is 12.2 Å². The van der Waals surface area contributed by atoms with E-state index in [-0.39, 0.29) is 60.8 Å². The number of Topliss-reactive ketones (excluding diaryl/α,β-unsaturated/α-hetero) is 1. The van der Waals surface area contributed by atoms with Gasteiger partial charge in [-0.25, -0.2) is 0 Å². The molecule has 6 rings (SSSR count). The van der Waals surface area contributed by atoms with E-state index in [0.29, 0.717) is 17.4 Å². The van der Waals surface area contributed by atoms with Crippen molar-refractivity contribution in [2.45, 2.75) is 26.7 Å². The Morgan fingerprint density at radius 2 is 1.67 bits per heavy atom. The second-order valence-corrected chi connectivity index (χ2v) is 9.13. The number of esters is 1. The average molecular weight is 407 g/mol. The van der Waals surface area contributed by atoms with E-state index in [0.717, 1.165) is 17.5 Å². The van der Waals surface area contributed by atoms with Crippen LogP contribution in [0.4, 0.5) is 0 Å². The molecule has 6 nitrogen and oxygen atoms in total. The van der Waals surface area contributed by atoms with Crippen LogP contribution in [-0.4, -0.2) is 41.6 Å². The van der Waals surface area contributed by atoms with Crippen molar-refractivity contribution in [1.29, 1.82) is 0 Å². The molecule has 4 aliphatic carbocycles. The van der Waals surface area contributed by atoms with Crippen LogP contribution in [0.5, 0.6) is 0 Å². The highest BCUT2D eigenvalue weighted by atomic mass is 16.5. The summed E-state index contributed by atoms with van der Waals surface area (Å²) in [5, 5.41) is 0. The number of hydrogen-bond donors (Lipinski definition) is 0. The molecule has 2 amide bonds. The van der Waals surface area contributed by atoms with E-state index in [9.17, 15) is 19.2 Å². The molecule has 5 aliphatic rings. The Kier molecular flexibility index (Phi) is 4.42. The van der Waals surface area contributed by atoms with Crippen molar-refractivity contribution < 1.29 is 23.9 Å². The summed E-state index contributed by atoms with van der Waals surface area (Å²) in [6.45, 7) is 3.42. The summed E-state index contributed by atoms with van der Waals surface area (Å²) in [6, 6.07) is 5.56. The molecule has 6 heteroatoms. The molecular weight excluding hydrogens is 382 g/mol. The van der Waals surface area contributed by atoms with Gasteiger partial charge in [-0.2, -0.15) is 0 Å². The smallest absolute Gasteiger partial charge is 0.308 e. The molecule has 0 unspecified atom stereocenters. The van der Waals surface area contributed by atoms with Gasteiger partial charge in [0.25, 0.3) is 0 Å². The zero-order valence-corrected chi connectivity index (χ0v) is 17.2. The summed E-state index contributed by atoms with van der Waals surface area (Å²) in [7, 11) is 0. The number of hydrogen-bond acceptors (Lipinski definition) is 5. The number of ether oxygens (including phenoxy) is 1. The lowest BCUT2D eigenvalue weighted by Gasteiger charge is -2.37. The van der Waals surface area contributed by atoms with Gasteiger partial charge in [0.1, 0.15) is 0 Å². The second-order valence-electron chi connectivity index (χ2n) is 9.13. The van der Waals surface area contributed by atoms with Crippen LogP contribution < -0.4 is 0 Å². The molecule has 0 spiro atoms. The van der Waals surface area contributed by atoms with Crippen LogP contribution >= 0.6 is 0 Å². The van der Waals surface area contributed by atoms with E-state index in [4.69, 9.17) is 4.74 Å². The third-order valence-electron chi connectivity index (χ3n) is 7.35. The Morgan fingerprint density at radius 1 is 1.03 bits per heavy atom. The van der Waals surface area contributed by atoms with Gasteiger partial charge in [0.05, 0.1) is 18.3 Å². The van der Waals surface area contributed by atoms with Crippen LogP contribution in [0.25, 0.3) is 0 Å². The average Bonchev–Trinajstić information content (AvgIpc) is 3.51. The van der Waals surface area contributed by atoms with Crippen LogP contribution in [0.15, 0.2) is 30.4 Å². The quantitative estimate of drug-likeness (QED) is 0.313. The zero-order chi connectivity index (χ0) is 21.2. The Labute approximate surface area is 175 Å². The fourth-order valence-electron chi connectivity index (χ4n) is 5.77. The van der Waals surface area contributed by atoms with Crippen molar-refractivity contribution in [2.75, 3.05) is 13.2 Å². The highest BCUT2D eigenvalue weighted by Gasteiger charge is 2.66. The molecule has 6 atom stereocenters. The van der Waals surface area contributed by atoms with Gasteiger partial charge in [-0.3, -0.25) is 24.1 Å². The van der Waals surface area contributed by atoms with Gasteiger partial charge >= 0.3 is 5.97 Å². The van der Waals surface area contributed by atoms with Gasteiger partial charge in [0, 0.05) is 12.1 Å². The standard InChI is InChI=1S/C24H25NO5/c1-12-3-4-13(2)16(9-12)19(26)11-30-20(27)7-8-25-23(28)21-14-5-6-15(18-10-17(14)18)22(21)24(25)29/h3-6,9,14-15,17-18,21-22H,7-8,10-11H2,1-2H3/t14-,15-,17-,18-,21-,22+/m0/s1. The minimum atomic E-state index is -0.576. The number of rotatable bonds is 6. The maximum Gasteiger partial charge on any atom is 0.308 e. The molecule has 1 heterocycles. The molecule has 0 radical (unpaired) electrons. The molecule has 2 bridgehead atoms. The minimum absolute atomic E-state index is 0.0237. The number of ketones is 1. The van der Waals surface area contributed by atoms with E-state index in [1.807, 2.05) is 26.0 Å². The largest absolute Gasteiger partial charge is 0.457 e. The van der Waals surface area contributed by atoms with Crippen LogP contribution in [0, 0.1) is 49.4 Å². The molecule has 1 aromatic carbocycles. The summed E-state index contributed by atoms with van der Waals surface area (Å²) in [6.07, 6.45) is 5.28. The van der Waals surface area contributed by atoms with Crippen LogP contribution in [-0.2, 0) is 19.1 Å². The number of imide groups is 1.